The largest absolute Gasteiger partial charge is 0.347 e. The van der Waals surface area contributed by atoms with Crippen LogP contribution in [-0.4, -0.2) is 28.5 Å². The molecule has 18 heavy (non-hydrogen) atoms. The smallest absolute Gasteiger partial charge is 0.224 e. The molecule has 2 aromatic rings. The minimum absolute atomic E-state index is 0.234. The fraction of sp³-hybridized carbons (Fsp3) is 0.400. The first kappa shape index (κ1) is 12.7. The molecule has 0 saturated heterocycles. The molecule has 0 aliphatic carbocycles. The lowest BCUT2D eigenvalue weighted by Crippen LogP contribution is -2.31. The van der Waals surface area contributed by atoms with Crippen LogP contribution in [0.4, 0.5) is 0 Å². The van der Waals surface area contributed by atoms with Gasteiger partial charge in [-0.15, -0.1) is 0 Å². The molecule has 1 amide bonds. The van der Waals surface area contributed by atoms with Gasteiger partial charge in [0.2, 0.25) is 5.91 Å². The molecule has 0 saturated carbocycles. The van der Waals surface area contributed by atoms with E-state index >= 15 is 0 Å². The summed E-state index contributed by atoms with van der Waals surface area (Å²) < 4.78 is 2.15. The SMILES string of the molecule is CCN(CC)C(=O)CCn1ccc2ccccc21. The number of hydrogen-bond donors (Lipinski definition) is 0. The molecule has 0 aliphatic rings. The van der Waals surface area contributed by atoms with Crippen LogP contribution in [0, 0.1) is 0 Å². The van der Waals surface area contributed by atoms with E-state index < -0.39 is 0 Å². The van der Waals surface area contributed by atoms with E-state index in [1.54, 1.807) is 0 Å². The Labute approximate surface area is 108 Å². The van der Waals surface area contributed by atoms with Gasteiger partial charge in [-0.25, -0.2) is 0 Å². The Kier molecular flexibility index (Phi) is 4.03. The van der Waals surface area contributed by atoms with E-state index in [9.17, 15) is 4.79 Å². The first-order valence-electron chi connectivity index (χ1n) is 6.58. The second kappa shape index (κ2) is 5.71. The molecule has 1 aromatic carbocycles. The average molecular weight is 244 g/mol. The third-order valence-electron chi connectivity index (χ3n) is 3.36. The molecule has 96 valence electrons. The highest BCUT2D eigenvalue weighted by Gasteiger charge is 2.09. The fourth-order valence-electron chi connectivity index (χ4n) is 2.29. The predicted molar refractivity (Wildman–Crippen MR) is 74.5 cm³/mol. The number of nitrogens with zero attached hydrogens (tertiary/aromatic N) is 2. The lowest BCUT2D eigenvalue weighted by atomic mass is 10.2. The molecule has 0 unspecified atom stereocenters. The number of carbonyl (C=O) groups excluding carboxylic acids is 1. The maximum atomic E-state index is 11.9. The quantitative estimate of drug-likeness (QED) is 0.794. The van der Waals surface area contributed by atoms with Gasteiger partial charge >= 0.3 is 0 Å². The summed E-state index contributed by atoms with van der Waals surface area (Å²) in [6.07, 6.45) is 2.63. The molecule has 0 N–H and O–H groups in total. The van der Waals surface area contributed by atoms with Gasteiger partial charge in [-0.2, -0.15) is 0 Å². The summed E-state index contributed by atoms with van der Waals surface area (Å²) in [5.74, 6) is 0.234. The molecule has 0 bridgehead atoms. The van der Waals surface area contributed by atoms with Gasteiger partial charge in [0.25, 0.3) is 0 Å². The third kappa shape index (κ3) is 2.55. The van der Waals surface area contributed by atoms with Crippen LogP contribution in [0.15, 0.2) is 36.5 Å². The first-order chi connectivity index (χ1) is 8.76. The van der Waals surface area contributed by atoms with E-state index in [4.69, 9.17) is 0 Å². The molecule has 0 fully saturated rings. The molecule has 0 atom stereocenters. The van der Waals surface area contributed by atoms with Crippen LogP contribution < -0.4 is 0 Å². The monoisotopic (exact) mass is 244 g/mol. The van der Waals surface area contributed by atoms with Crippen LogP contribution in [-0.2, 0) is 11.3 Å². The average Bonchev–Trinajstić information content (AvgIpc) is 2.81. The normalized spacial score (nSPS) is 10.8. The molecule has 0 aliphatic heterocycles. The highest BCUT2D eigenvalue weighted by Crippen LogP contribution is 2.15. The zero-order chi connectivity index (χ0) is 13.0. The summed E-state index contributed by atoms with van der Waals surface area (Å²) in [4.78, 5) is 13.8. The van der Waals surface area contributed by atoms with Gasteiger partial charge in [0, 0.05) is 37.8 Å². The highest BCUT2D eigenvalue weighted by atomic mass is 16.2. The van der Waals surface area contributed by atoms with E-state index in [2.05, 4.69) is 29.0 Å². The van der Waals surface area contributed by atoms with Crippen molar-refractivity contribution in [1.29, 1.82) is 0 Å². The standard InChI is InChI=1S/C15H20N2O/c1-3-16(4-2)15(18)10-12-17-11-9-13-7-5-6-8-14(13)17/h5-9,11H,3-4,10,12H2,1-2H3. The van der Waals surface area contributed by atoms with E-state index in [-0.39, 0.29) is 5.91 Å². The number of benzene rings is 1. The highest BCUT2D eigenvalue weighted by molar-refractivity contribution is 5.80. The molecule has 1 heterocycles. The maximum Gasteiger partial charge on any atom is 0.224 e. The summed E-state index contributed by atoms with van der Waals surface area (Å²) in [5, 5.41) is 1.23. The third-order valence-corrected chi connectivity index (χ3v) is 3.36. The number of fused-ring (bicyclic) bond motifs is 1. The van der Waals surface area contributed by atoms with Gasteiger partial charge in [0.1, 0.15) is 0 Å². The minimum atomic E-state index is 0.234. The molecular formula is C15H20N2O. The Morgan fingerprint density at radius 3 is 2.61 bits per heavy atom. The van der Waals surface area contributed by atoms with Crippen molar-refractivity contribution in [3.8, 4) is 0 Å². The Balaban J connectivity index is 2.04. The van der Waals surface area contributed by atoms with Crippen molar-refractivity contribution in [3.05, 3.63) is 36.5 Å². The Morgan fingerprint density at radius 1 is 1.17 bits per heavy atom. The van der Waals surface area contributed by atoms with Gasteiger partial charge < -0.3 is 9.47 Å². The number of aromatic nitrogens is 1. The fourth-order valence-corrected chi connectivity index (χ4v) is 2.29. The van der Waals surface area contributed by atoms with E-state index in [0.29, 0.717) is 6.42 Å². The number of amides is 1. The number of para-hydroxylation sites is 1. The van der Waals surface area contributed by atoms with Crippen LogP contribution in [0.25, 0.3) is 10.9 Å². The Morgan fingerprint density at radius 2 is 1.89 bits per heavy atom. The summed E-state index contributed by atoms with van der Waals surface area (Å²) >= 11 is 0. The summed E-state index contributed by atoms with van der Waals surface area (Å²) in [7, 11) is 0. The van der Waals surface area contributed by atoms with E-state index in [1.165, 1.54) is 10.9 Å². The van der Waals surface area contributed by atoms with Crippen LogP contribution in [0.3, 0.4) is 0 Å². The first-order valence-corrected chi connectivity index (χ1v) is 6.58. The molecule has 0 spiro atoms. The van der Waals surface area contributed by atoms with Crippen molar-refractivity contribution < 1.29 is 4.79 Å². The molecule has 0 radical (unpaired) electrons. The predicted octanol–water partition coefficient (Wildman–Crippen LogP) is 2.90. The molecule has 3 heteroatoms. The van der Waals surface area contributed by atoms with Crippen molar-refractivity contribution >= 4 is 16.8 Å². The van der Waals surface area contributed by atoms with Gasteiger partial charge in [-0.05, 0) is 31.4 Å². The number of aryl methyl sites for hydroxylation is 1. The summed E-state index contributed by atoms with van der Waals surface area (Å²) in [6.45, 7) is 6.38. The van der Waals surface area contributed by atoms with Crippen molar-refractivity contribution in [2.24, 2.45) is 0 Å². The lowest BCUT2D eigenvalue weighted by Gasteiger charge is -2.18. The second-order valence-corrected chi connectivity index (χ2v) is 4.38. The van der Waals surface area contributed by atoms with Crippen molar-refractivity contribution in [2.45, 2.75) is 26.8 Å². The Hall–Kier alpha value is -1.77. The number of carbonyl (C=O) groups is 1. The van der Waals surface area contributed by atoms with Crippen molar-refractivity contribution in [2.75, 3.05) is 13.1 Å². The summed E-state index contributed by atoms with van der Waals surface area (Å²) in [6, 6.07) is 10.4. The second-order valence-electron chi connectivity index (χ2n) is 4.38. The topological polar surface area (TPSA) is 25.2 Å². The van der Waals surface area contributed by atoms with Gasteiger partial charge in [-0.1, -0.05) is 18.2 Å². The Bertz CT molecular complexity index is 526. The number of hydrogen-bond acceptors (Lipinski definition) is 1. The van der Waals surface area contributed by atoms with Gasteiger partial charge in [-0.3, -0.25) is 4.79 Å². The zero-order valence-electron chi connectivity index (χ0n) is 11.1. The molecule has 1 aromatic heterocycles. The maximum absolute atomic E-state index is 11.9. The van der Waals surface area contributed by atoms with Gasteiger partial charge in [0.15, 0.2) is 0 Å². The van der Waals surface area contributed by atoms with Crippen molar-refractivity contribution in [3.63, 3.8) is 0 Å². The minimum Gasteiger partial charge on any atom is -0.347 e. The molecule has 3 nitrogen and oxygen atoms in total. The summed E-state index contributed by atoms with van der Waals surface area (Å²) in [5.41, 5.74) is 1.20. The lowest BCUT2D eigenvalue weighted by molar-refractivity contribution is -0.131. The molecular weight excluding hydrogens is 224 g/mol. The van der Waals surface area contributed by atoms with Gasteiger partial charge in [0.05, 0.1) is 0 Å². The van der Waals surface area contributed by atoms with Crippen molar-refractivity contribution in [1.82, 2.24) is 9.47 Å². The van der Waals surface area contributed by atoms with E-state index in [1.807, 2.05) is 30.9 Å². The van der Waals surface area contributed by atoms with Crippen LogP contribution in [0.2, 0.25) is 0 Å². The molecule has 2 rings (SSSR count). The van der Waals surface area contributed by atoms with Crippen LogP contribution >= 0.6 is 0 Å². The number of rotatable bonds is 5. The zero-order valence-corrected chi connectivity index (χ0v) is 11.1. The van der Waals surface area contributed by atoms with Crippen LogP contribution in [0.1, 0.15) is 20.3 Å². The van der Waals surface area contributed by atoms with Crippen LogP contribution in [0.5, 0.6) is 0 Å². The van der Waals surface area contributed by atoms with E-state index in [0.717, 1.165) is 19.6 Å².